The minimum atomic E-state index is -0.114. The summed E-state index contributed by atoms with van der Waals surface area (Å²) in [6.45, 7) is 7.00. The SMILES string of the molecule is C[C@@H]1C/C(=N\NC(=O)Cn2cnc3ccccc32)CC(C)(C)C1. The van der Waals surface area contributed by atoms with Crippen molar-refractivity contribution in [2.45, 2.75) is 46.6 Å². The van der Waals surface area contributed by atoms with Crippen LogP contribution in [0.1, 0.15) is 40.0 Å². The first kappa shape index (κ1) is 15.7. The Balaban J connectivity index is 1.64. The van der Waals surface area contributed by atoms with Crippen molar-refractivity contribution in [3.05, 3.63) is 30.6 Å². The van der Waals surface area contributed by atoms with Crippen LogP contribution in [0.5, 0.6) is 0 Å². The number of para-hydroxylation sites is 2. The van der Waals surface area contributed by atoms with E-state index < -0.39 is 0 Å². The molecule has 0 bridgehead atoms. The highest BCUT2D eigenvalue weighted by molar-refractivity contribution is 5.88. The summed E-state index contributed by atoms with van der Waals surface area (Å²) >= 11 is 0. The maximum absolute atomic E-state index is 12.2. The van der Waals surface area contributed by atoms with Gasteiger partial charge in [-0.15, -0.1) is 0 Å². The number of nitrogens with zero attached hydrogens (tertiary/aromatic N) is 3. The summed E-state index contributed by atoms with van der Waals surface area (Å²) in [5, 5.41) is 4.37. The molecule has 1 N–H and O–H groups in total. The van der Waals surface area contributed by atoms with E-state index >= 15 is 0 Å². The first-order valence-electron chi connectivity index (χ1n) is 8.17. The number of rotatable bonds is 3. The zero-order chi connectivity index (χ0) is 16.4. The maximum atomic E-state index is 12.2. The van der Waals surface area contributed by atoms with Gasteiger partial charge in [0.2, 0.25) is 0 Å². The number of hydrogen-bond acceptors (Lipinski definition) is 3. The fourth-order valence-corrected chi connectivity index (χ4v) is 3.67. The van der Waals surface area contributed by atoms with E-state index in [2.05, 4.69) is 36.3 Å². The van der Waals surface area contributed by atoms with Gasteiger partial charge >= 0.3 is 0 Å². The van der Waals surface area contributed by atoms with E-state index in [0.29, 0.717) is 5.92 Å². The Morgan fingerprint density at radius 1 is 1.43 bits per heavy atom. The number of hydrazone groups is 1. The number of carbonyl (C=O) groups excluding carboxylic acids is 1. The highest BCUT2D eigenvalue weighted by Gasteiger charge is 2.29. The van der Waals surface area contributed by atoms with E-state index in [1.54, 1.807) is 6.33 Å². The van der Waals surface area contributed by atoms with E-state index in [9.17, 15) is 4.79 Å². The predicted molar refractivity (Wildman–Crippen MR) is 92.1 cm³/mol. The van der Waals surface area contributed by atoms with Crippen LogP contribution in [0.3, 0.4) is 0 Å². The fraction of sp³-hybridized carbons (Fsp3) is 0.500. The van der Waals surface area contributed by atoms with Crippen molar-refractivity contribution in [1.82, 2.24) is 15.0 Å². The molecule has 0 saturated heterocycles. The Morgan fingerprint density at radius 3 is 3.00 bits per heavy atom. The molecule has 23 heavy (non-hydrogen) atoms. The molecule has 5 heteroatoms. The highest BCUT2D eigenvalue weighted by Crippen LogP contribution is 2.36. The van der Waals surface area contributed by atoms with Crippen LogP contribution in [0.2, 0.25) is 0 Å². The van der Waals surface area contributed by atoms with Crippen molar-refractivity contribution >= 4 is 22.7 Å². The first-order chi connectivity index (χ1) is 10.9. The molecule has 5 nitrogen and oxygen atoms in total. The fourth-order valence-electron chi connectivity index (χ4n) is 3.67. The molecular formula is C18H24N4O. The zero-order valence-electron chi connectivity index (χ0n) is 14.0. The summed E-state index contributed by atoms with van der Waals surface area (Å²) < 4.78 is 1.85. The summed E-state index contributed by atoms with van der Waals surface area (Å²) in [5.74, 6) is 0.503. The Bertz CT molecular complexity index is 744. The number of carbonyl (C=O) groups is 1. The summed E-state index contributed by atoms with van der Waals surface area (Å²) in [6.07, 6.45) is 4.83. The molecule has 3 rings (SSSR count). The molecule has 1 aromatic heterocycles. The molecule has 122 valence electrons. The summed E-state index contributed by atoms with van der Waals surface area (Å²) in [7, 11) is 0. The van der Waals surface area contributed by atoms with Gasteiger partial charge in [-0.1, -0.05) is 32.9 Å². The van der Waals surface area contributed by atoms with Crippen molar-refractivity contribution in [3.8, 4) is 0 Å². The van der Waals surface area contributed by atoms with Crippen molar-refractivity contribution in [2.75, 3.05) is 0 Å². The van der Waals surface area contributed by atoms with E-state index in [0.717, 1.165) is 29.6 Å². The van der Waals surface area contributed by atoms with Gasteiger partial charge in [0.05, 0.1) is 17.4 Å². The van der Waals surface area contributed by atoms with Crippen LogP contribution in [0.25, 0.3) is 11.0 Å². The molecular weight excluding hydrogens is 288 g/mol. The van der Waals surface area contributed by atoms with Gasteiger partial charge in [0.15, 0.2) is 0 Å². The minimum absolute atomic E-state index is 0.114. The second-order valence-electron chi connectivity index (χ2n) is 7.43. The Labute approximate surface area is 136 Å². The van der Waals surface area contributed by atoms with Crippen molar-refractivity contribution in [1.29, 1.82) is 0 Å². The third-order valence-electron chi connectivity index (χ3n) is 4.35. The van der Waals surface area contributed by atoms with E-state index in [1.807, 2.05) is 28.8 Å². The molecule has 1 aromatic carbocycles. The van der Waals surface area contributed by atoms with Crippen LogP contribution in [0, 0.1) is 11.3 Å². The molecule has 1 amide bonds. The average Bonchev–Trinajstić information content (AvgIpc) is 2.86. The standard InChI is InChI=1S/C18H24N4O/c1-13-8-14(10-18(2,3)9-13)20-21-17(23)11-22-12-19-15-6-4-5-7-16(15)22/h4-7,12-13H,8-11H2,1-3H3,(H,21,23)/b20-14+/t13-/m1/s1. The third kappa shape index (κ3) is 3.78. The van der Waals surface area contributed by atoms with Gasteiger partial charge in [-0.2, -0.15) is 5.10 Å². The molecule has 0 spiro atoms. The quantitative estimate of drug-likeness (QED) is 0.884. The largest absolute Gasteiger partial charge is 0.321 e. The smallest absolute Gasteiger partial charge is 0.260 e. The molecule has 1 saturated carbocycles. The second kappa shape index (κ2) is 6.14. The molecule has 1 atom stereocenters. The lowest BCUT2D eigenvalue weighted by molar-refractivity contribution is -0.121. The normalized spacial score (nSPS) is 22.4. The molecule has 0 radical (unpaired) electrons. The second-order valence-corrected chi connectivity index (χ2v) is 7.43. The molecule has 0 unspecified atom stereocenters. The van der Waals surface area contributed by atoms with Gasteiger partial charge in [-0.25, -0.2) is 10.4 Å². The zero-order valence-corrected chi connectivity index (χ0v) is 14.0. The van der Waals surface area contributed by atoms with Crippen LogP contribution in [0.4, 0.5) is 0 Å². The summed E-state index contributed by atoms with van der Waals surface area (Å²) in [4.78, 5) is 16.5. The van der Waals surface area contributed by atoms with Gasteiger partial charge in [-0.3, -0.25) is 4.79 Å². The number of aromatic nitrogens is 2. The van der Waals surface area contributed by atoms with Crippen LogP contribution >= 0.6 is 0 Å². The van der Waals surface area contributed by atoms with E-state index in [4.69, 9.17) is 0 Å². The molecule has 1 aliphatic rings. The third-order valence-corrected chi connectivity index (χ3v) is 4.35. The van der Waals surface area contributed by atoms with Crippen LogP contribution in [-0.4, -0.2) is 21.2 Å². The van der Waals surface area contributed by atoms with E-state index in [1.165, 1.54) is 6.42 Å². The Hall–Kier alpha value is -2.17. The molecule has 1 aliphatic carbocycles. The van der Waals surface area contributed by atoms with Gasteiger partial charge in [-0.05, 0) is 42.7 Å². The van der Waals surface area contributed by atoms with Crippen LogP contribution < -0.4 is 5.43 Å². The molecule has 1 heterocycles. The number of amides is 1. The minimum Gasteiger partial charge on any atom is -0.321 e. The van der Waals surface area contributed by atoms with Gasteiger partial charge in [0.25, 0.3) is 5.91 Å². The van der Waals surface area contributed by atoms with Crippen molar-refractivity contribution < 1.29 is 4.79 Å². The van der Waals surface area contributed by atoms with Gasteiger partial charge < -0.3 is 4.57 Å². The Morgan fingerprint density at radius 2 is 2.22 bits per heavy atom. The molecule has 2 aromatic rings. The van der Waals surface area contributed by atoms with Crippen molar-refractivity contribution in [3.63, 3.8) is 0 Å². The lowest BCUT2D eigenvalue weighted by atomic mass is 9.72. The lowest BCUT2D eigenvalue weighted by Crippen LogP contribution is -2.31. The number of fused-ring (bicyclic) bond motifs is 1. The summed E-state index contributed by atoms with van der Waals surface area (Å²) in [5.41, 5.74) is 5.93. The monoisotopic (exact) mass is 312 g/mol. The molecule has 0 aliphatic heterocycles. The van der Waals surface area contributed by atoms with Crippen LogP contribution in [-0.2, 0) is 11.3 Å². The number of hydrogen-bond donors (Lipinski definition) is 1. The highest BCUT2D eigenvalue weighted by atomic mass is 16.2. The number of nitrogens with one attached hydrogen (secondary N) is 1. The number of benzene rings is 1. The lowest BCUT2D eigenvalue weighted by Gasteiger charge is -2.34. The van der Waals surface area contributed by atoms with Gasteiger partial charge in [0.1, 0.15) is 6.54 Å². The average molecular weight is 312 g/mol. The topological polar surface area (TPSA) is 59.3 Å². The maximum Gasteiger partial charge on any atom is 0.260 e. The van der Waals surface area contributed by atoms with Crippen molar-refractivity contribution in [2.24, 2.45) is 16.4 Å². The summed E-state index contributed by atoms with van der Waals surface area (Å²) in [6, 6.07) is 7.80. The number of imidazole rings is 1. The van der Waals surface area contributed by atoms with Gasteiger partial charge in [0, 0.05) is 5.71 Å². The van der Waals surface area contributed by atoms with Crippen LogP contribution in [0.15, 0.2) is 35.7 Å². The Kier molecular flexibility index (Phi) is 4.20. The van der Waals surface area contributed by atoms with E-state index in [-0.39, 0.29) is 17.9 Å². The first-order valence-corrected chi connectivity index (χ1v) is 8.17. The predicted octanol–water partition coefficient (Wildman–Crippen LogP) is 3.35. The molecule has 1 fully saturated rings.